The molecule has 1 aliphatic heterocycles. The van der Waals surface area contributed by atoms with E-state index in [0.717, 1.165) is 16.9 Å². The van der Waals surface area contributed by atoms with Crippen LogP contribution >= 0.6 is 0 Å². The molecule has 0 aliphatic carbocycles. The molecule has 3 aromatic carbocycles. The highest BCUT2D eigenvalue weighted by Gasteiger charge is 2.25. The number of nitrogens with zero attached hydrogens (tertiary/aromatic N) is 1. The van der Waals surface area contributed by atoms with E-state index in [1.807, 2.05) is 60.7 Å². The Kier molecular flexibility index (Phi) is 4.62. The molecule has 1 aliphatic rings. The smallest absolute Gasteiger partial charge is 0.197 e. The van der Waals surface area contributed by atoms with E-state index in [4.69, 9.17) is 9.15 Å². The summed E-state index contributed by atoms with van der Waals surface area (Å²) >= 11 is 0. The molecule has 4 nitrogen and oxygen atoms in total. The lowest BCUT2D eigenvalue weighted by Gasteiger charge is -2.24. The van der Waals surface area contributed by atoms with Crippen molar-refractivity contribution < 1.29 is 9.15 Å². The summed E-state index contributed by atoms with van der Waals surface area (Å²) in [7, 11) is 0. The zero-order valence-corrected chi connectivity index (χ0v) is 16.0. The molecule has 1 unspecified atom stereocenters. The fourth-order valence-electron chi connectivity index (χ4n) is 3.91. The molecular weight excluding hydrogens is 362 g/mol. The average Bonchev–Trinajstić information content (AvgIpc) is 2.96. The fourth-order valence-corrected chi connectivity index (χ4v) is 3.91. The van der Waals surface area contributed by atoms with Crippen LogP contribution in [0.5, 0.6) is 5.75 Å². The van der Waals surface area contributed by atoms with Crippen molar-refractivity contribution in [2.75, 3.05) is 6.54 Å². The summed E-state index contributed by atoms with van der Waals surface area (Å²) in [6.07, 6.45) is 1.49. The molecule has 1 aromatic heterocycles. The molecule has 2 heterocycles. The van der Waals surface area contributed by atoms with Crippen molar-refractivity contribution in [2.24, 2.45) is 0 Å². The topological polar surface area (TPSA) is 42.7 Å². The molecule has 5 rings (SSSR count). The van der Waals surface area contributed by atoms with E-state index in [9.17, 15) is 4.79 Å². The van der Waals surface area contributed by atoms with Crippen LogP contribution in [0.1, 0.15) is 22.8 Å². The number of rotatable bonds is 3. The molecule has 1 atom stereocenters. The maximum Gasteiger partial charge on any atom is 0.197 e. The largest absolute Gasteiger partial charge is 0.484 e. The molecule has 144 valence electrons. The van der Waals surface area contributed by atoms with Gasteiger partial charge in [0.15, 0.2) is 5.43 Å². The van der Waals surface area contributed by atoms with E-state index >= 15 is 0 Å². The van der Waals surface area contributed by atoms with Crippen LogP contribution in [0.2, 0.25) is 0 Å². The number of benzene rings is 3. The van der Waals surface area contributed by atoms with Gasteiger partial charge in [0.05, 0.1) is 11.6 Å². The minimum Gasteiger partial charge on any atom is -0.484 e. The van der Waals surface area contributed by atoms with Crippen molar-refractivity contribution in [3.05, 3.63) is 112 Å². The van der Waals surface area contributed by atoms with Crippen molar-refractivity contribution in [2.45, 2.75) is 19.2 Å². The second-order valence-corrected chi connectivity index (χ2v) is 7.38. The predicted octanol–water partition coefficient (Wildman–Crippen LogP) is 4.93. The zero-order chi connectivity index (χ0) is 19.6. The number of para-hydroxylation sites is 2. The highest BCUT2D eigenvalue weighted by Crippen LogP contribution is 2.31. The molecule has 0 radical (unpaired) electrons. The fraction of sp³-hybridized carbons (Fsp3) is 0.160. The Hall–Kier alpha value is -3.37. The van der Waals surface area contributed by atoms with Crippen LogP contribution in [-0.2, 0) is 13.1 Å². The Bertz CT molecular complexity index is 1200. The lowest BCUT2D eigenvalue weighted by atomic mass is 10.1. The Balaban J connectivity index is 1.50. The van der Waals surface area contributed by atoms with Crippen LogP contribution in [0, 0.1) is 0 Å². The summed E-state index contributed by atoms with van der Waals surface area (Å²) in [5.41, 5.74) is 3.56. The van der Waals surface area contributed by atoms with Gasteiger partial charge in [0, 0.05) is 30.8 Å². The second-order valence-electron chi connectivity index (χ2n) is 7.38. The Morgan fingerprint density at radius 3 is 2.55 bits per heavy atom. The van der Waals surface area contributed by atoms with E-state index in [-0.39, 0.29) is 11.5 Å². The van der Waals surface area contributed by atoms with Gasteiger partial charge in [-0.25, -0.2) is 0 Å². The third-order valence-electron chi connectivity index (χ3n) is 5.38. The van der Waals surface area contributed by atoms with E-state index in [0.29, 0.717) is 36.2 Å². The second kappa shape index (κ2) is 7.57. The first-order chi connectivity index (χ1) is 14.3. The third-order valence-corrected chi connectivity index (χ3v) is 5.38. The van der Waals surface area contributed by atoms with Crippen molar-refractivity contribution in [1.82, 2.24) is 4.90 Å². The normalized spacial score (nSPS) is 16.8. The molecule has 0 bridgehead atoms. The van der Waals surface area contributed by atoms with Crippen molar-refractivity contribution >= 4 is 11.0 Å². The average molecular weight is 383 g/mol. The molecule has 0 saturated carbocycles. The number of ether oxygens (including phenoxy) is 1. The summed E-state index contributed by atoms with van der Waals surface area (Å²) in [4.78, 5) is 15.2. The molecule has 4 aromatic rings. The minimum atomic E-state index is -0.104. The molecule has 29 heavy (non-hydrogen) atoms. The number of hydrogen-bond acceptors (Lipinski definition) is 4. The van der Waals surface area contributed by atoms with Crippen molar-refractivity contribution in [1.29, 1.82) is 0 Å². The molecule has 4 heteroatoms. The summed E-state index contributed by atoms with van der Waals surface area (Å²) < 4.78 is 12.1. The van der Waals surface area contributed by atoms with Crippen LogP contribution in [0.4, 0.5) is 0 Å². The zero-order valence-electron chi connectivity index (χ0n) is 16.0. The SMILES string of the molecule is O=c1c(CN2Cc3ccccc3OC(c3ccccc3)C2)coc2ccccc12. The third kappa shape index (κ3) is 3.55. The van der Waals surface area contributed by atoms with Crippen molar-refractivity contribution in [3.63, 3.8) is 0 Å². The Morgan fingerprint density at radius 2 is 1.66 bits per heavy atom. The van der Waals surface area contributed by atoms with Gasteiger partial charge in [-0.15, -0.1) is 0 Å². The van der Waals surface area contributed by atoms with Gasteiger partial charge in [0.1, 0.15) is 17.4 Å². The highest BCUT2D eigenvalue weighted by atomic mass is 16.5. The van der Waals surface area contributed by atoms with Crippen LogP contribution in [0.25, 0.3) is 11.0 Å². The first-order valence-corrected chi connectivity index (χ1v) is 9.79. The standard InChI is InChI=1S/C25H21NO3/c27-25-20(17-28-23-13-7-5-11-21(23)25)15-26-14-19-10-4-6-12-22(19)29-24(16-26)18-8-2-1-3-9-18/h1-13,17,24H,14-16H2. The monoisotopic (exact) mass is 383 g/mol. The van der Waals surface area contributed by atoms with Crippen LogP contribution < -0.4 is 10.2 Å². The van der Waals surface area contributed by atoms with Crippen LogP contribution in [0.3, 0.4) is 0 Å². The van der Waals surface area contributed by atoms with E-state index in [1.165, 1.54) is 0 Å². The lowest BCUT2D eigenvalue weighted by Crippen LogP contribution is -2.29. The number of fused-ring (bicyclic) bond motifs is 2. The van der Waals surface area contributed by atoms with Crippen LogP contribution in [-0.4, -0.2) is 11.4 Å². The lowest BCUT2D eigenvalue weighted by molar-refractivity contribution is 0.143. The van der Waals surface area contributed by atoms with Gasteiger partial charge in [0.25, 0.3) is 0 Å². The van der Waals surface area contributed by atoms with Gasteiger partial charge in [-0.2, -0.15) is 0 Å². The van der Waals surface area contributed by atoms with E-state index in [1.54, 1.807) is 6.26 Å². The van der Waals surface area contributed by atoms with Gasteiger partial charge < -0.3 is 9.15 Å². The molecule has 0 spiro atoms. The summed E-state index contributed by atoms with van der Waals surface area (Å²) in [5.74, 6) is 0.898. The predicted molar refractivity (Wildman–Crippen MR) is 113 cm³/mol. The van der Waals surface area contributed by atoms with E-state index < -0.39 is 0 Å². The Labute approximate surface area is 169 Å². The molecule has 0 saturated heterocycles. The molecular formula is C25H21NO3. The van der Waals surface area contributed by atoms with E-state index in [2.05, 4.69) is 23.1 Å². The van der Waals surface area contributed by atoms with Gasteiger partial charge in [0.2, 0.25) is 0 Å². The minimum absolute atomic E-state index is 0.0292. The van der Waals surface area contributed by atoms with Gasteiger partial charge in [-0.05, 0) is 23.8 Å². The van der Waals surface area contributed by atoms with Crippen LogP contribution in [0.15, 0.2) is 94.3 Å². The first kappa shape index (κ1) is 17.7. The van der Waals surface area contributed by atoms with Gasteiger partial charge >= 0.3 is 0 Å². The molecule has 0 fully saturated rings. The quantitative estimate of drug-likeness (QED) is 0.503. The molecule has 0 N–H and O–H groups in total. The van der Waals surface area contributed by atoms with Crippen molar-refractivity contribution in [3.8, 4) is 5.75 Å². The number of hydrogen-bond donors (Lipinski definition) is 0. The Morgan fingerprint density at radius 1 is 0.897 bits per heavy atom. The van der Waals surface area contributed by atoms with Gasteiger partial charge in [-0.3, -0.25) is 9.69 Å². The summed E-state index contributed by atoms with van der Waals surface area (Å²) in [6, 6.07) is 25.7. The maximum atomic E-state index is 13.0. The molecule has 0 amide bonds. The maximum absolute atomic E-state index is 13.0. The highest BCUT2D eigenvalue weighted by molar-refractivity contribution is 5.76. The van der Waals surface area contributed by atoms with Gasteiger partial charge in [-0.1, -0.05) is 60.7 Å². The first-order valence-electron chi connectivity index (χ1n) is 9.79. The summed E-state index contributed by atoms with van der Waals surface area (Å²) in [6.45, 7) is 1.91. The summed E-state index contributed by atoms with van der Waals surface area (Å²) in [5, 5.41) is 0.621.